The van der Waals surface area contributed by atoms with E-state index in [9.17, 15) is 0 Å². The number of rotatable bonds is 19. The van der Waals surface area contributed by atoms with Gasteiger partial charge in [0.05, 0.1) is 22.1 Å². The van der Waals surface area contributed by atoms with Crippen molar-refractivity contribution in [1.29, 1.82) is 0 Å². The van der Waals surface area contributed by atoms with Crippen LogP contribution >= 0.6 is 0 Å². The van der Waals surface area contributed by atoms with Gasteiger partial charge in [-0.05, 0) is 155 Å². The van der Waals surface area contributed by atoms with E-state index in [4.69, 9.17) is 0 Å². The van der Waals surface area contributed by atoms with Crippen molar-refractivity contribution in [1.82, 2.24) is 9.13 Å². The highest BCUT2D eigenvalue weighted by molar-refractivity contribution is 7.23. The number of nitrogens with zero attached hydrogens (tertiary/aromatic N) is 2. The zero-order chi connectivity index (χ0) is 75.9. The molecule has 0 saturated carbocycles. The summed E-state index contributed by atoms with van der Waals surface area (Å²) < 4.78 is 5.19. The third-order valence-electron chi connectivity index (χ3n) is 24.2. The minimum Gasteiger partial charge on any atom is -0.309 e. The van der Waals surface area contributed by atoms with Gasteiger partial charge in [-0.3, -0.25) is 0 Å². The van der Waals surface area contributed by atoms with Gasteiger partial charge in [0.1, 0.15) is 0 Å². The lowest BCUT2D eigenvalue weighted by Gasteiger charge is -2.38. The summed E-state index contributed by atoms with van der Waals surface area (Å²) in [4.78, 5) is 0. The lowest BCUT2D eigenvalue weighted by atomic mass is 10.0. The summed E-state index contributed by atoms with van der Waals surface area (Å²) in [5.41, 5.74) is 9.19. The van der Waals surface area contributed by atoms with Gasteiger partial charge in [0.25, 0.3) is 0 Å². The standard InChI is InChI=1S/C108H80N2Si4/c1-13-41-85(42-14-1)111(86-43-15-2-16-44-86,87-45-17-3-18-46-87)97-75-83(76-98(79-97)112(88-47-19-4-20-48-88,89-49-21-5-22-50-89)90-51-23-6-24-52-90)109-105-67-39-37-65-101(105)103-73-81(69-71-107(103)109)82-70-72-108-104(74-82)102-66-38-40-68-106(102)110(108)84-77-99(113(91-53-25-7-26-54-91,92-55-27-8-28-56-92)93-57-29-9-30-58-93)80-100(78-84)114(94-59-31-10-32-60-94,95-61-33-11-34-62-95)96-63-35-12-36-64-96/h1-80H. The number of hydrogen-bond acceptors (Lipinski definition) is 0. The van der Waals surface area contributed by atoms with Crippen LogP contribution in [-0.4, -0.2) is 41.4 Å². The molecule has 2 nitrogen and oxygen atoms in total. The SMILES string of the molecule is c1ccc([Si](c2ccccc2)(c2ccccc2)c2cc(-n3c4ccccc4c4cc(-c5ccc6c(c5)c5ccccc5n6-c5cc([Si](c6ccccc6)(c6ccccc6)c6ccccc6)cc([Si](c6ccccc6)(c6ccccc6)c6ccccc6)c5)ccc43)cc([Si](c3ccccc3)(c3ccccc3)c3ccccc3)c2)cc1. The predicted molar refractivity (Wildman–Crippen MR) is 495 cm³/mol. The van der Waals surface area contributed by atoms with E-state index in [0.29, 0.717) is 0 Å². The highest BCUT2D eigenvalue weighted by atomic mass is 28.3. The number of aromatic nitrogens is 2. The monoisotopic (exact) mass is 1520 g/mol. The largest absolute Gasteiger partial charge is 0.309 e. The van der Waals surface area contributed by atoms with Crippen LogP contribution in [0.5, 0.6) is 0 Å². The first-order valence-corrected chi connectivity index (χ1v) is 47.6. The second-order valence-corrected chi connectivity index (χ2v) is 45.3. The van der Waals surface area contributed by atoms with Crippen molar-refractivity contribution in [2.45, 2.75) is 0 Å². The van der Waals surface area contributed by atoms with Gasteiger partial charge in [-0.1, -0.05) is 425 Å². The molecule has 0 unspecified atom stereocenters. The smallest absolute Gasteiger partial charge is 0.179 e. The minimum atomic E-state index is -3.20. The van der Waals surface area contributed by atoms with E-state index in [2.05, 4.69) is 494 Å². The van der Waals surface area contributed by atoms with Gasteiger partial charge in [0.15, 0.2) is 32.3 Å². The molecule has 0 radical (unpaired) electrons. The molecule has 6 heteroatoms. The summed E-state index contributed by atoms with van der Waals surface area (Å²) in [5.74, 6) is 0. The summed E-state index contributed by atoms with van der Waals surface area (Å²) in [6.45, 7) is 0. The fourth-order valence-corrected chi connectivity index (χ4v) is 39.0. The van der Waals surface area contributed by atoms with Crippen LogP contribution in [0.4, 0.5) is 0 Å². The Labute approximate surface area is 670 Å². The highest BCUT2D eigenvalue weighted by Crippen LogP contribution is 2.39. The number of hydrogen-bond donors (Lipinski definition) is 0. The Balaban J connectivity index is 0.834. The molecular formula is C108H80N2Si4. The molecule has 0 atom stereocenters. The average molecular weight is 1520 g/mol. The van der Waals surface area contributed by atoms with E-state index in [1.54, 1.807) is 0 Å². The van der Waals surface area contributed by atoms with Gasteiger partial charge in [0.2, 0.25) is 0 Å². The molecule has 18 aromatic carbocycles. The Hall–Kier alpha value is -13.6. The first-order valence-electron chi connectivity index (χ1n) is 39.6. The molecule has 0 amide bonds. The van der Waals surface area contributed by atoms with Crippen molar-refractivity contribution in [3.05, 3.63) is 485 Å². The molecule has 20 aromatic rings. The third-order valence-corrected chi connectivity index (χ3v) is 43.3. The van der Waals surface area contributed by atoms with Crippen molar-refractivity contribution in [3.63, 3.8) is 0 Å². The zero-order valence-corrected chi connectivity index (χ0v) is 67.1. The molecule has 0 saturated heterocycles. The fraction of sp³-hybridized carbons (Fsp3) is 0. The van der Waals surface area contributed by atoms with E-state index in [1.165, 1.54) is 105 Å². The first-order chi connectivity index (χ1) is 56.5. The van der Waals surface area contributed by atoms with Gasteiger partial charge >= 0.3 is 0 Å². The maximum Gasteiger partial charge on any atom is 0.179 e. The third kappa shape index (κ3) is 11.4. The van der Waals surface area contributed by atoms with Crippen LogP contribution < -0.4 is 83.0 Å². The lowest BCUT2D eigenvalue weighted by molar-refractivity contribution is 1.18. The Morgan fingerprint density at radius 3 is 0.482 bits per heavy atom. The molecule has 0 bridgehead atoms. The second kappa shape index (κ2) is 29.6. The number of fused-ring (bicyclic) bond motifs is 6. The van der Waals surface area contributed by atoms with Gasteiger partial charge in [0, 0.05) is 32.9 Å². The van der Waals surface area contributed by atoms with E-state index >= 15 is 0 Å². The topological polar surface area (TPSA) is 9.86 Å². The summed E-state index contributed by atoms with van der Waals surface area (Å²) >= 11 is 0. The van der Waals surface area contributed by atoms with Crippen LogP contribution in [0.15, 0.2) is 485 Å². The van der Waals surface area contributed by atoms with Crippen molar-refractivity contribution in [3.8, 4) is 22.5 Å². The van der Waals surface area contributed by atoms with E-state index in [0.717, 1.165) is 44.6 Å². The van der Waals surface area contributed by atoms with Crippen molar-refractivity contribution in [2.75, 3.05) is 0 Å². The van der Waals surface area contributed by atoms with Crippen LogP contribution in [-0.2, 0) is 0 Å². The molecule has 114 heavy (non-hydrogen) atoms. The van der Waals surface area contributed by atoms with Crippen molar-refractivity contribution in [2.24, 2.45) is 0 Å². The molecule has 0 aliphatic rings. The highest BCUT2D eigenvalue weighted by Gasteiger charge is 2.49. The molecule has 0 fully saturated rings. The molecule has 0 spiro atoms. The molecule has 2 heterocycles. The predicted octanol–water partition coefficient (Wildman–Crippen LogP) is 15.1. The van der Waals surface area contributed by atoms with E-state index in [1.807, 2.05) is 0 Å². The normalized spacial score (nSPS) is 12.0. The van der Waals surface area contributed by atoms with Gasteiger partial charge in [-0.25, -0.2) is 0 Å². The molecule has 538 valence electrons. The van der Waals surface area contributed by atoms with Crippen molar-refractivity contribution < 1.29 is 0 Å². The summed E-state index contributed by atoms with van der Waals surface area (Å²) in [6, 6.07) is 186. The zero-order valence-electron chi connectivity index (χ0n) is 63.1. The molecular weight excluding hydrogens is 1440 g/mol. The van der Waals surface area contributed by atoms with Gasteiger partial charge < -0.3 is 9.13 Å². The van der Waals surface area contributed by atoms with Gasteiger partial charge in [-0.15, -0.1) is 0 Å². The lowest BCUT2D eigenvalue weighted by Crippen LogP contribution is -2.78. The Morgan fingerprint density at radius 2 is 0.289 bits per heavy atom. The van der Waals surface area contributed by atoms with Gasteiger partial charge in [-0.2, -0.15) is 0 Å². The maximum atomic E-state index is 2.67. The van der Waals surface area contributed by atoms with Crippen molar-refractivity contribution >= 4 is 159 Å². The molecule has 0 N–H and O–H groups in total. The second-order valence-electron chi connectivity index (χ2n) is 30.1. The van der Waals surface area contributed by atoms with Crippen LogP contribution in [0.1, 0.15) is 0 Å². The Morgan fingerprint density at radius 1 is 0.123 bits per heavy atom. The fourth-order valence-electron chi connectivity index (χ4n) is 19.5. The Kier molecular flexibility index (Phi) is 18.1. The summed E-state index contributed by atoms with van der Waals surface area (Å²) in [5, 5.41) is 26.1. The van der Waals surface area contributed by atoms with E-state index < -0.39 is 32.3 Å². The number of benzene rings is 18. The van der Waals surface area contributed by atoms with Crippen LogP contribution in [0.3, 0.4) is 0 Å². The molecule has 0 aliphatic heterocycles. The van der Waals surface area contributed by atoms with Crippen LogP contribution in [0.25, 0.3) is 66.1 Å². The van der Waals surface area contributed by atoms with E-state index in [-0.39, 0.29) is 0 Å². The molecule has 0 aliphatic carbocycles. The minimum absolute atomic E-state index is 1.13. The molecule has 2 aromatic heterocycles. The van der Waals surface area contributed by atoms with Crippen LogP contribution in [0, 0.1) is 0 Å². The van der Waals surface area contributed by atoms with Crippen LogP contribution in [0.2, 0.25) is 0 Å². The summed E-state index contributed by atoms with van der Waals surface area (Å²) in [6.07, 6.45) is 0. The molecule has 20 rings (SSSR count). The Bertz CT molecular complexity index is 5700. The number of para-hydroxylation sites is 2. The summed E-state index contributed by atoms with van der Waals surface area (Å²) in [7, 11) is -12.8. The quantitative estimate of drug-likeness (QED) is 0.0564. The maximum absolute atomic E-state index is 3.20. The first kappa shape index (κ1) is 69.6. The average Bonchev–Trinajstić information content (AvgIpc) is 1.02.